The molecule has 0 aliphatic heterocycles. The highest BCUT2D eigenvalue weighted by molar-refractivity contribution is 6.32. The van der Waals surface area contributed by atoms with Crippen LogP contribution >= 0.6 is 11.6 Å². The van der Waals surface area contributed by atoms with Crippen LogP contribution in [0.25, 0.3) is 0 Å². The topological polar surface area (TPSA) is 99.3 Å². The van der Waals surface area contributed by atoms with Crippen LogP contribution in [0.1, 0.15) is 27.2 Å². The lowest BCUT2D eigenvalue weighted by molar-refractivity contribution is -0.389. The number of carbonyl (C=O) groups excluding carboxylic acids is 1. The second-order valence-corrected chi connectivity index (χ2v) is 7.21. The maximum Gasteiger partial charge on any atom is 0.390 e. The minimum Gasteiger partial charge on any atom is -0.487 e. The standard InChI is InChI=1S/C21H21ClN4O4/c1-14-3-8-18(22)19(11-14)30-13-16-4-6-17(7-5-16)21(27)23-9-10-25-15(2)12-20(24-25)26(28)29/h3-8,11-12H,9-10,13H2,1-2H3,(H,23,27). The smallest absolute Gasteiger partial charge is 0.390 e. The van der Waals surface area contributed by atoms with E-state index < -0.39 is 4.92 Å². The maximum atomic E-state index is 12.3. The number of amides is 1. The average molecular weight is 429 g/mol. The molecule has 1 amide bonds. The van der Waals surface area contributed by atoms with Crippen molar-refractivity contribution in [2.75, 3.05) is 6.54 Å². The first kappa shape index (κ1) is 21.3. The molecule has 156 valence electrons. The second kappa shape index (κ2) is 9.41. The highest BCUT2D eigenvalue weighted by Crippen LogP contribution is 2.26. The van der Waals surface area contributed by atoms with E-state index in [1.54, 1.807) is 25.1 Å². The highest BCUT2D eigenvalue weighted by atomic mass is 35.5. The van der Waals surface area contributed by atoms with Gasteiger partial charge in [-0.2, -0.15) is 4.68 Å². The van der Waals surface area contributed by atoms with Crippen molar-refractivity contribution in [1.29, 1.82) is 0 Å². The van der Waals surface area contributed by atoms with E-state index in [0.717, 1.165) is 11.1 Å². The number of nitrogens with zero attached hydrogens (tertiary/aromatic N) is 3. The molecule has 0 radical (unpaired) electrons. The largest absolute Gasteiger partial charge is 0.487 e. The van der Waals surface area contributed by atoms with Gasteiger partial charge in [0, 0.05) is 12.1 Å². The summed E-state index contributed by atoms with van der Waals surface area (Å²) in [6, 6.07) is 14.1. The van der Waals surface area contributed by atoms with Gasteiger partial charge in [-0.15, -0.1) is 0 Å². The summed E-state index contributed by atoms with van der Waals surface area (Å²) in [4.78, 5) is 22.5. The van der Waals surface area contributed by atoms with Crippen molar-refractivity contribution >= 4 is 23.3 Å². The van der Waals surface area contributed by atoms with Crippen LogP contribution in [0.15, 0.2) is 48.5 Å². The van der Waals surface area contributed by atoms with E-state index in [0.29, 0.717) is 41.7 Å². The fourth-order valence-corrected chi connectivity index (χ4v) is 2.99. The molecule has 0 aliphatic carbocycles. The van der Waals surface area contributed by atoms with Crippen molar-refractivity contribution < 1.29 is 14.5 Å². The molecule has 0 aliphatic rings. The highest BCUT2D eigenvalue weighted by Gasteiger charge is 2.15. The number of hydrogen-bond acceptors (Lipinski definition) is 5. The third-order valence-corrected chi connectivity index (χ3v) is 4.77. The molecule has 0 unspecified atom stereocenters. The summed E-state index contributed by atoms with van der Waals surface area (Å²) in [7, 11) is 0. The molecular weight excluding hydrogens is 408 g/mol. The van der Waals surface area contributed by atoms with Gasteiger partial charge in [-0.05, 0) is 54.2 Å². The summed E-state index contributed by atoms with van der Waals surface area (Å²) in [6.45, 7) is 4.67. The molecule has 1 heterocycles. The Hall–Kier alpha value is -3.39. The minimum absolute atomic E-state index is 0.205. The zero-order valence-electron chi connectivity index (χ0n) is 16.6. The average Bonchev–Trinajstić information content (AvgIpc) is 3.10. The zero-order chi connectivity index (χ0) is 21.7. The first-order valence-corrected chi connectivity index (χ1v) is 9.66. The molecule has 0 saturated carbocycles. The van der Waals surface area contributed by atoms with E-state index in [1.165, 1.54) is 10.7 Å². The molecule has 0 atom stereocenters. The summed E-state index contributed by atoms with van der Waals surface area (Å²) < 4.78 is 7.25. The fourth-order valence-electron chi connectivity index (χ4n) is 2.82. The Morgan fingerprint density at radius 3 is 2.60 bits per heavy atom. The lowest BCUT2D eigenvalue weighted by atomic mass is 10.1. The van der Waals surface area contributed by atoms with E-state index in [-0.39, 0.29) is 11.7 Å². The maximum absolute atomic E-state index is 12.3. The van der Waals surface area contributed by atoms with Crippen LogP contribution < -0.4 is 10.1 Å². The molecule has 0 fully saturated rings. The van der Waals surface area contributed by atoms with Gasteiger partial charge in [0.25, 0.3) is 5.91 Å². The van der Waals surface area contributed by atoms with Gasteiger partial charge in [-0.3, -0.25) is 4.79 Å². The Morgan fingerprint density at radius 1 is 1.20 bits per heavy atom. The molecule has 9 heteroatoms. The van der Waals surface area contributed by atoms with Crippen LogP contribution in [-0.4, -0.2) is 27.2 Å². The third-order valence-electron chi connectivity index (χ3n) is 4.46. The van der Waals surface area contributed by atoms with Crippen molar-refractivity contribution in [1.82, 2.24) is 15.1 Å². The van der Waals surface area contributed by atoms with Crippen molar-refractivity contribution in [2.24, 2.45) is 0 Å². The molecule has 30 heavy (non-hydrogen) atoms. The van der Waals surface area contributed by atoms with Gasteiger partial charge in [0.1, 0.15) is 12.4 Å². The lowest BCUT2D eigenvalue weighted by Gasteiger charge is -2.10. The van der Waals surface area contributed by atoms with Crippen LogP contribution in [0.5, 0.6) is 5.75 Å². The SMILES string of the molecule is Cc1ccc(Cl)c(OCc2ccc(C(=O)NCCn3nc([N+](=O)[O-])cc3C)cc2)c1. The van der Waals surface area contributed by atoms with Gasteiger partial charge in [0.2, 0.25) is 0 Å². The third kappa shape index (κ3) is 5.36. The number of aromatic nitrogens is 2. The number of halogens is 1. The van der Waals surface area contributed by atoms with E-state index in [4.69, 9.17) is 16.3 Å². The van der Waals surface area contributed by atoms with Crippen LogP contribution in [0.2, 0.25) is 5.02 Å². The normalized spacial score (nSPS) is 10.6. The van der Waals surface area contributed by atoms with Crippen molar-refractivity contribution in [3.8, 4) is 5.75 Å². The van der Waals surface area contributed by atoms with E-state index >= 15 is 0 Å². The van der Waals surface area contributed by atoms with Gasteiger partial charge in [-0.1, -0.05) is 29.8 Å². The summed E-state index contributed by atoms with van der Waals surface area (Å²) >= 11 is 6.13. The molecule has 3 rings (SSSR count). The summed E-state index contributed by atoms with van der Waals surface area (Å²) in [5.41, 5.74) is 3.13. The Bertz CT molecular complexity index is 1060. The molecule has 1 aromatic heterocycles. The predicted molar refractivity (Wildman–Crippen MR) is 113 cm³/mol. The van der Waals surface area contributed by atoms with Crippen LogP contribution in [0, 0.1) is 24.0 Å². The number of carbonyl (C=O) groups is 1. The Balaban J connectivity index is 1.51. The molecular formula is C21H21ClN4O4. The minimum atomic E-state index is -0.541. The summed E-state index contributed by atoms with van der Waals surface area (Å²) in [5, 5.41) is 18.0. The number of hydrogen-bond donors (Lipinski definition) is 1. The number of rotatable bonds is 8. The second-order valence-electron chi connectivity index (χ2n) is 6.80. The molecule has 0 spiro atoms. The monoisotopic (exact) mass is 428 g/mol. The van der Waals surface area contributed by atoms with E-state index in [1.807, 2.05) is 31.2 Å². The number of nitro groups is 1. The van der Waals surface area contributed by atoms with Crippen LogP contribution in [0.3, 0.4) is 0 Å². The molecule has 0 saturated heterocycles. The van der Waals surface area contributed by atoms with E-state index in [9.17, 15) is 14.9 Å². The summed E-state index contributed by atoms with van der Waals surface area (Å²) in [6.07, 6.45) is 0. The fraction of sp³-hybridized carbons (Fsp3) is 0.238. The van der Waals surface area contributed by atoms with Crippen molar-refractivity contribution in [3.05, 3.63) is 86.1 Å². The number of aryl methyl sites for hydroxylation is 2. The Morgan fingerprint density at radius 2 is 1.93 bits per heavy atom. The van der Waals surface area contributed by atoms with Crippen molar-refractivity contribution in [2.45, 2.75) is 27.0 Å². The lowest BCUT2D eigenvalue weighted by Crippen LogP contribution is -2.27. The van der Waals surface area contributed by atoms with Gasteiger partial charge < -0.3 is 20.2 Å². The Kier molecular flexibility index (Phi) is 6.68. The van der Waals surface area contributed by atoms with Gasteiger partial charge in [-0.25, -0.2) is 0 Å². The predicted octanol–water partition coefficient (Wildman–Crippen LogP) is 4.07. The van der Waals surface area contributed by atoms with Crippen molar-refractivity contribution in [3.63, 3.8) is 0 Å². The number of nitrogens with one attached hydrogen (secondary N) is 1. The first-order chi connectivity index (χ1) is 14.3. The van der Waals surface area contributed by atoms with E-state index in [2.05, 4.69) is 10.4 Å². The van der Waals surface area contributed by atoms with Crippen LogP contribution in [-0.2, 0) is 13.2 Å². The Labute approximate surface area is 178 Å². The van der Waals surface area contributed by atoms with Crippen LogP contribution in [0.4, 0.5) is 5.82 Å². The van der Waals surface area contributed by atoms with Gasteiger partial charge in [0.15, 0.2) is 0 Å². The molecule has 2 aromatic carbocycles. The molecule has 8 nitrogen and oxygen atoms in total. The van der Waals surface area contributed by atoms with Gasteiger partial charge >= 0.3 is 5.82 Å². The number of ether oxygens (including phenoxy) is 1. The van der Waals surface area contributed by atoms with Gasteiger partial charge in [0.05, 0.1) is 28.4 Å². The quantitative estimate of drug-likeness (QED) is 0.430. The first-order valence-electron chi connectivity index (χ1n) is 9.28. The summed E-state index contributed by atoms with van der Waals surface area (Å²) in [5.74, 6) is 0.180. The number of benzene rings is 2. The molecule has 1 N–H and O–H groups in total. The molecule has 0 bridgehead atoms. The molecule has 3 aromatic rings. The zero-order valence-corrected chi connectivity index (χ0v) is 17.3.